The number of aliphatic hydroxyl groups excluding tert-OH is 1. The van der Waals surface area contributed by atoms with Crippen LogP contribution in [-0.2, 0) is 19.6 Å². The fraction of sp³-hybridized carbons (Fsp3) is 0.364. The van der Waals surface area contributed by atoms with Crippen molar-refractivity contribution >= 4 is 17.5 Å². The highest BCUT2D eigenvalue weighted by molar-refractivity contribution is 6.30. The smallest absolute Gasteiger partial charge is 0.364 e. The Labute approximate surface area is 192 Å². The van der Waals surface area contributed by atoms with Gasteiger partial charge in [-0.1, -0.05) is 36.7 Å². The number of benzene rings is 1. The molecule has 3 N–H and O–H groups in total. The van der Waals surface area contributed by atoms with E-state index < -0.39 is 47.3 Å². The molecule has 0 spiro atoms. The number of hydrogen-bond acceptors (Lipinski definition) is 4. The molecule has 1 heterocycles. The van der Waals surface area contributed by atoms with E-state index in [-0.39, 0.29) is 24.2 Å². The van der Waals surface area contributed by atoms with E-state index in [2.05, 4.69) is 10.4 Å². The molecule has 33 heavy (non-hydrogen) atoms. The molecule has 0 bridgehead atoms. The molecule has 2 atom stereocenters. The SMILES string of the molecule is CC1C=C(C(O)O)C=C(F)C1CNC(=O)c1c(Cc2ccc(Cl)cc2)nn(C)c1C(F)(F)F. The summed E-state index contributed by atoms with van der Waals surface area (Å²) < 4.78 is 56.3. The predicted molar refractivity (Wildman–Crippen MR) is 113 cm³/mol. The van der Waals surface area contributed by atoms with Gasteiger partial charge in [0.25, 0.3) is 5.91 Å². The first-order chi connectivity index (χ1) is 15.4. The Morgan fingerprint density at radius 2 is 1.91 bits per heavy atom. The van der Waals surface area contributed by atoms with Gasteiger partial charge in [0.15, 0.2) is 12.0 Å². The fourth-order valence-corrected chi connectivity index (χ4v) is 3.91. The lowest BCUT2D eigenvalue weighted by molar-refractivity contribution is -0.144. The molecule has 0 saturated carbocycles. The van der Waals surface area contributed by atoms with Crippen molar-refractivity contribution in [2.75, 3.05) is 6.54 Å². The maximum atomic E-state index is 14.5. The lowest BCUT2D eigenvalue weighted by atomic mass is 9.85. The van der Waals surface area contributed by atoms with Crippen molar-refractivity contribution in [3.63, 3.8) is 0 Å². The third-order valence-corrected chi connectivity index (χ3v) is 5.68. The molecule has 0 saturated heterocycles. The van der Waals surface area contributed by atoms with Crippen molar-refractivity contribution < 1.29 is 32.6 Å². The number of amides is 1. The van der Waals surface area contributed by atoms with Gasteiger partial charge in [0.2, 0.25) is 0 Å². The molecule has 1 aromatic heterocycles. The highest BCUT2D eigenvalue weighted by Gasteiger charge is 2.41. The van der Waals surface area contributed by atoms with E-state index in [1.165, 1.54) is 6.08 Å². The van der Waals surface area contributed by atoms with Crippen molar-refractivity contribution in [2.45, 2.75) is 25.8 Å². The van der Waals surface area contributed by atoms with Gasteiger partial charge in [0, 0.05) is 36.5 Å². The molecule has 11 heteroatoms. The normalized spacial score (nSPS) is 18.8. The molecule has 2 unspecified atom stereocenters. The van der Waals surface area contributed by atoms with Crippen LogP contribution < -0.4 is 5.32 Å². The number of carbonyl (C=O) groups excluding carboxylic acids is 1. The van der Waals surface area contributed by atoms with E-state index >= 15 is 0 Å². The Morgan fingerprint density at radius 1 is 1.27 bits per heavy atom. The van der Waals surface area contributed by atoms with Crippen LogP contribution in [0.25, 0.3) is 0 Å². The van der Waals surface area contributed by atoms with Gasteiger partial charge < -0.3 is 15.5 Å². The molecular formula is C22H22ClF4N3O3. The van der Waals surface area contributed by atoms with Gasteiger partial charge in [0.05, 0.1) is 11.3 Å². The summed E-state index contributed by atoms with van der Waals surface area (Å²) in [6.45, 7) is 1.31. The van der Waals surface area contributed by atoms with E-state index in [0.29, 0.717) is 15.3 Å². The Balaban J connectivity index is 1.87. The zero-order valence-electron chi connectivity index (χ0n) is 17.7. The van der Waals surface area contributed by atoms with Crippen molar-refractivity contribution in [2.24, 2.45) is 18.9 Å². The molecule has 6 nitrogen and oxygen atoms in total. The molecule has 1 aliphatic carbocycles. The topological polar surface area (TPSA) is 87.4 Å². The van der Waals surface area contributed by atoms with Crippen molar-refractivity contribution in [3.8, 4) is 0 Å². The number of nitrogens with zero attached hydrogens (tertiary/aromatic N) is 2. The zero-order valence-corrected chi connectivity index (χ0v) is 18.5. The summed E-state index contributed by atoms with van der Waals surface area (Å²) in [5.41, 5.74) is -1.34. The van der Waals surface area contributed by atoms with E-state index in [4.69, 9.17) is 11.6 Å². The van der Waals surface area contributed by atoms with E-state index in [1.807, 2.05) is 0 Å². The van der Waals surface area contributed by atoms with Crippen LogP contribution in [0.15, 0.2) is 47.8 Å². The molecule has 178 valence electrons. The van der Waals surface area contributed by atoms with Crippen molar-refractivity contribution in [3.05, 3.63) is 75.4 Å². The van der Waals surface area contributed by atoms with E-state index in [9.17, 15) is 32.6 Å². The van der Waals surface area contributed by atoms with Crippen LogP contribution in [0.5, 0.6) is 0 Å². The molecule has 1 aromatic carbocycles. The highest BCUT2D eigenvalue weighted by atomic mass is 35.5. The van der Waals surface area contributed by atoms with Gasteiger partial charge in [-0.2, -0.15) is 18.3 Å². The quantitative estimate of drug-likeness (QED) is 0.427. The number of aryl methyl sites for hydroxylation is 1. The van der Waals surface area contributed by atoms with Crippen molar-refractivity contribution in [1.29, 1.82) is 0 Å². The number of hydrogen-bond donors (Lipinski definition) is 3. The van der Waals surface area contributed by atoms with Crippen LogP contribution in [0.4, 0.5) is 17.6 Å². The second-order valence-electron chi connectivity index (χ2n) is 7.84. The number of aromatic nitrogens is 2. The molecule has 0 aliphatic heterocycles. The summed E-state index contributed by atoms with van der Waals surface area (Å²) >= 11 is 5.85. The number of alkyl halides is 3. The monoisotopic (exact) mass is 487 g/mol. The van der Waals surface area contributed by atoms with Gasteiger partial charge in [-0.15, -0.1) is 0 Å². The van der Waals surface area contributed by atoms with Crippen LogP contribution in [-0.4, -0.2) is 38.7 Å². The molecule has 0 radical (unpaired) electrons. The maximum absolute atomic E-state index is 14.5. The second kappa shape index (κ2) is 9.66. The average molecular weight is 488 g/mol. The maximum Gasteiger partial charge on any atom is 0.433 e. The molecule has 1 amide bonds. The lowest BCUT2D eigenvalue weighted by Crippen LogP contribution is -2.35. The Morgan fingerprint density at radius 3 is 2.45 bits per heavy atom. The number of nitrogens with one attached hydrogen (secondary N) is 1. The van der Waals surface area contributed by atoms with Gasteiger partial charge in [-0.05, 0) is 29.7 Å². The summed E-state index contributed by atoms with van der Waals surface area (Å²) in [7, 11) is 1.10. The predicted octanol–water partition coefficient (Wildman–Crippen LogP) is 3.77. The minimum atomic E-state index is -4.84. The molecule has 1 aliphatic rings. The van der Waals surface area contributed by atoms with Crippen LogP contribution in [0, 0.1) is 11.8 Å². The van der Waals surface area contributed by atoms with Crippen LogP contribution >= 0.6 is 11.6 Å². The largest absolute Gasteiger partial charge is 0.433 e. The number of halogens is 5. The first-order valence-corrected chi connectivity index (χ1v) is 10.4. The first kappa shape index (κ1) is 24.9. The fourth-order valence-electron chi connectivity index (χ4n) is 3.78. The number of aliphatic hydroxyl groups is 2. The summed E-state index contributed by atoms with van der Waals surface area (Å²) in [5.74, 6) is -3.15. The van der Waals surface area contributed by atoms with Gasteiger partial charge in [0.1, 0.15) is 5.83 Å². The van der Waals surface area contributed by atoms with Gasteiger partial charge in [-0.25, -0.2) is 4.39 Å². The minimum Gasteiger partial charge on any atom is -0.364 e. The van der Waals surface area contributed by atoms with Crippen LogP contribution in [0.3, 0.4) is 0 Å². The van der Waals surface area contributed by atoms with Gasteiger partial charge in [-0.3, -0.25) is 9.48 Å². The van der Waals surface area contributed by atoms with Crippen molar-refractivity contribution in [1.82, 2.24) is 15.1 Å². The molecule has 3 rings (SSSR count). The standard InChI is InChI=1S/C22H22ClF4N3O3/c1-11-7-13(21(32)33)9-16(24)15(11)10-28-20(31)18-17(8-12-3-5-14(23)6-4-12)29-30(2)19(18)22(25,26)27/h3-7,9,11,15,21,32-33H,8,10H2,1-2H3,(H,28,31). The zero-order chi connectivity index (χ0) is 24.5. The van der Waals surface area contributed by atoms with E-state index in [1.54, 1.807) is 31.2 Å². The third kappa shape index (κ3) is 5.63. The third-order valence-electron chi connectivity index (χ3n) is 5.43. The summed E-state index contributed by atoms with van der Waals surface area (Å²) in [6.07, 6.45) is -4.36. The summed E-state index contributed by atoms with van der Waals surface area (Å²) in [4.78, 5) is 12.9. The van der Waals surface area contributed by atoms with Crippen LogP contribution in [0.1, 0.15) is 34.2 Å². The lowest BCUT2D eigenvalue weighted by Gasteiger charge is -2.26. The highest BCUT2D eigenvalue weighted by Crippen LogP contribution is 2.35. The Bertz CT molecular complexity index is 1090. The average Bonchev–Trinajstić information content (AvgIpc) is 3.04. The minimum absolute atomic E-state index is 0.0283. The second-order valence-corrected chi connectivity index (χ2v) is 8.28. The number of carbonyl (C=O) groups is 1. The molecule has 0 fully saturated rings. The Kier molecular flexibility index (Phi) is 7.30. The summed E-state index contributed by atoms with van der Waals surface area (Å²) in [6, 6.07) is 6.40. The molecule has 2 aromatic rings. The summed E-state index contributed by atoms with van der Waals surface area (Å²) in [5, 5.41) is 25.2. The van der Waals surface area contributed by atoms with E-state index in [0.717, 1.165) is 13.1 Å². The van der Waals surface area contributed by atoms with Gasteiger partial charge >= 0.3 is 6.18 Å². The number of allylic oxidation sites excluding steroid dienone is 1. The Hall–Kier alpha value is -2.69. The van der Waals surface area contributed by atoms with Crippen LogP contribution in [0.2, 0.25) is 5.02 Å². The number of rotatable bonds is 6. The first-order valence-electron chi connectivity index (χ1n) is 9.99. The molecular weight excluding hydrogens is 466 g/mol.